The molecule has 2 aromatic carbocycles. The van der Waals surface area contributed by atoms with E-state index in [2.05, 4.69) is 75.6 Å². The second kappa shape index (κ2) is 9.20. The van der Waals surface area contributed by atoms with Crippen LogP contribution in [0, 0.1) is 0 Å². The van der Waals surface area contributed by atoms with Crippen LogP contribution in [0.25, 0.3) is 0 Å². The van der Waals surface area contributed by atoms with Gasteiger partial charge in [-0.15, -0.1) is 0 Å². The molecule has 1 N–H and O–H groups in total. The Bertz CT molecular complexity index is 1190. The van der Waals surface area contributed by atoms with Gasteiger partial charge in [0, 0.05) is 25.5 Å². The molecule has 5 nitrogen and oxygen atoms in total. The molecular weight excluding hydrogens is 420 g/mol. The zero-order valence-electron chi connectivity index (χ0n) is 19.3. The van der Waals surface area contributed by atoms with Crippen LogP contribution >= 0.6 is 0 Å². The fraction of sp³-hybridized carbons (Fsp3) is 0.207. The number of carbonyl (C=O) groups excluding carboxylic acids is 1. The highest BCUT2D eigenvalue weighted by Gasteiger charge is 2.59. The van der Waals surface area contributed by atoms with Crippen LogP contribution in [0.15, 0.2) is 109 Å². The molecule has 1 aliphatic heterocycles. The van der Waals surface area contributed by atoms with E-state index in [0.717, 1.165) is 18.7 Å². The molecule has 170 valence electrons. The molecule has 1 fully saturated rings. The van der Waals surface area contributed by atoms with E-state index in [1.54, 1.807) is 12.3 Å². The van der Waals surface area contributed by atoms with Gasteiger partial charge in [0.1, 0.15) is 11.4 Å². The Labute approximate surface area is 200 Å². The number of aromatic nitrogens is 2. The lowest BCUT2D eigenvalue weighted by Gasteiger charge is -2.48. The molecule has 1 atom stereocenters. The van der Waals surface area contributed by atoms with Crippen molar-refractivity contribution in [1.29, 1.82) is 0 Å². The van der Waals surface area contributed by atoms with Gasteiger partial charge < -0.3 is 5.32 Å². The van der Waals surface area contributed by atoms with Gasteiger partial charge in [0.2, 0.25) is 0 Å². The van der Waals surface area contributed by atoms with E-state index in [0.29, 0.717) is 12.2 Å². The highest BCUT2D eigenvalue weighted by molar-refractivity contribution is 5.93. The summed E-state index contributed by atoms with van der Waals surface area (Å²) in [6.45, 7) is 3.57. The molecule has 0 aliphatic carbocycles. The second-order valence-electron chi connectivity index (χ2n) is 8.87. The van der Waals surface area contributed by atoms with E-state index < -0.39 is 11.1 Å². The summed E-state index contributed by atoms with van der Waals surface area (Å²) in [6, 6.07) is 32.4. The standard InChI is InChI=1S/C29H28N4O/c1-28(32-27(34)26-17-9-11-20-31-26)29(23-12-4-2-5-13-23,24-14-6-3-7-15-24)18-21-33(28)22-25-16-8-10-19-30-25/h2-17,19-20H,18,21-22H2,1H3,(H,32,34). The lowest BCUT2D eigenvalue weighted by molar-refractivity contribution is 0.0524. The topological polar surface area (TPSA) is 58.1 Å². The average molecular weight is 449 g/mol. The quantitative estimate of drug-likeness (QED) is 0.460. The molecular formula is C29H28N4O. The number of hydrogen-bond donors (Lipinski definition) is 1. The number of pyridine rings is 2. The highest BCUT2D eigenvalue weighted by Crippen LogP contribution is 2.51. The number of hydrogen-bond acceptors (Lipinski definition) is 4. The maximum atomic E-state index is 13.5. The lowest BCUT2D eigenvalue weighted by atomic mass is 9.66. The predicted octanol–water partition coefficient (Wildman–Crippen LogP) is 4.81. The smallest absolute Gasteiger partial charge is 0.271 e. The van der Waals surface area contributed by atoms with Crippen LogP contribution in [0.5, 0.6) is 0 Å². The molecule has 0 saturated carbocycles. The van der Waals surface area contributed by atoms with E-state index >= 15 is 0 Å². The zero-order chi connectivity index (χ0) is 23.4. The van der Waals surface area contributed by atoms with Crippen molar-refractivity contribution in [3.63, 3.8) is 0 Å². The van der Waals surface area contributed by atoms with Crippen LogP contribution in [0.3, 0.4) is 0 Å². The summed E-state index contributed by atoms with van der Waals surface area (Å²) in [5.41, 5.74) is 2.53. The lowest BCUT2D eigenvalue weighted by Crippen LogP contribution is -2.65. The zero-order valence-corrected chi connectivity index (χ0v) is 19.3. The average Bonchev–Trinajstić information content (AvgIpc) is 3.18. The van der Waals surface area contributed by atoms with Crippen molar-refractivity contribution in [2.24, 2.45) is 0 Å². The number of benzene rings is 2. The third-order valence-electron chi connectivity index (χ3n) is 7.09. The van der Waals surface area contributed by atoms with Gasteiger partial charge in [-0.3, -0.25) is 19.7 Å². The van der Waals surface area contributed by atoms with Crippen LogP contribution in [0.2, 0.25) is 0 Å². The van der Waals surface area contributed by atoms with Crippen LogP contribution < -0.4 is 5.32 Å². The molecule has 0 radical (unpaired) electrons. The van der Waals surface area contributed by atoms with Crippen LogP contribution in [-0.2, 0) is 12.0 Å². The molecule has 1 unspecified atom stereocenters. The van der Waals surface area contributed by atoms with Crippen molar-refractivity contribution in [2.45, 2.75) is 31.0 Å². The van der Waals surface area contributed by atoms with Gasteiger partial charge in [-0.25, -0.2) is 0 Å². The third-order valence-corrected chi connectivity index (χ3v) is 7.09. The van der Waals surface area contributed by atoms with Gasteiger partial charge in [-0.2, -0.15) is 0 Å². The SMILES string of the molecule is CC1(NC(=O)c2ccccn2)N(Cc2ccccn2)CCC1(c1ccccc1)c1ccccc1. The van der Waals surface area contributed by atoms with Crippen LogP contribution in [-0.4, -0.2) is 33.0 Å². The molecule has 1 amide bonds. The number of likely N-dealkylation sites (tertiary alicyclic amines) is 1. The molecule has 34 heavy (non-hydrogen) atoms. The molecule has 0 spiro atoms. The summed E-state index contributed by atoms with van der Waals surface area (Å²) in [4.78, 5) is 24.8. The summed E-state index contributed by atoms with van der Waals surface area (Å²) >= 11 is 0. The Morgan fingerprint density at radius 3 is 1.97 bits per heavy atom. The maximum absolute atomic E-state index is 13.5. The first-order chi connectivity index (χ1) is 16.6. The summed E-state index contributed by atoms with van der Waals surface area (Å²) in [5.74, 6) is -0.188. The fourth-order valence-corrected chi connectivity index (χ4v) is 5.39. The monoisotopic (exact) mass is 448 g/mol. The molecule has 5 rings (SSSR count). The number of carbonyl (C=O) groups is 1. The minimum Gasteiger partial charge on any atom is -0.331 e. The van der Waals surface area contributed by atoms with Crippen molar-refractivity contribution in [1.82, 2.24) is 20.2 Å². The van der Waals surface area contributed by atoms with Gasteiger partial charge in [0.05, 0.1) is 11.1 Å². The van der Waals surface area contributed by atoms with Gasteiger partial charge in [0.25, 0.3) is 5.91 Å². The first-order valence-electron chi connectivity index (χ1n) is 11.6. The van der Waals surface area contributed by atoms with Crippen molar-refractivity contribution >= 4 is 5.91 Å². The van der Waals surface area contributed by atoms with Crippen LogP contribution in [0.4, 0.5) is 0 Å². The number of rotatable bonds is 6. The number of nitrogens with one attached hydrogen (secondary N) is 1. The highest BCUT2D eigenvalue weighted by atomic mass is 16.2. The van der Waals surface area contributed by atoms with Crippen molar-refractivity contribution in [3.8, 4) is 0 Å². The fourth-order valence-electron chi connectivity index (χ4n) is 5.39. The Morgan fingerprint density at radius 1 is 0.824 bits per heavy atom. The van der Waals surface area contributed by atoms with E-state index in [4.69, 9.17) is 0 Å². The Balaban J connectivity index is 1.66. The molecule has 0 bridgehead atoms. The Morgan fingerprint density at radius 2 is 1.41 bits per heavy atom. The molecule has 4 aromatic rings. The summed E-state index contributed by atoms with van der Waals surface area (Å²) in [6.07, 6.45) is 4.32. The first-order valence-corrected chi connectivity index (χ1v) is 11.6. The number of amides is 1. The Kier molecular flexibility index (Phi) is 5.95. The van der Waals surface area contributed by atoms with E-state index in [9.17, 15) is 4.79 Å². The Hall–Kier alpha value is -3.83. The predicted molar refractivity (Wildman–Crippen MR) is 133 cm³/mol. The molecule has 1 aliphatic rings. The van der Waals surface area contributed by atoms with Crippen molar-refractivity contribution < 1.29 is 4.79 Å². The number of nitrogens with zero attached hydrogens (tertiary/aromatic N) is 3. The minimum absolute atomic E-state index is 0.188. The van der Waals surface area contributed by atoms with Crippen LogP contribution in [0.1, 0.15) is 40.7 Å². The van der Waals surface area contributed by atoms with Crippen molar-refractivity contribution in [3.05, 3.63) is 132 Å². The van der Waals surface area contributed by atoms with E-state index in [1.807, 2.05) is 48.7 Å². The largest absolute Gasteiger partial charge is 0.331 e. The van der Waals surface area contributed by atoms with Gasteiger partial charge in [0.15, 0.2) is 0 Å². The first kappa shape index (κ1) is 22.0. The van der Waals surface area contributed by atoms with Gasteiger partial charge >= 0.3 is 0 Å². The maximum Gasteiger partial charge on any atom is 0.271 e. The van der Waals surface area contributed by atoms with Crippen molar-refractivity contribution in [2.75, 3.05) is 6.54 Å². The second-order valence-corrected chi connectivity index (χ2v) is 8.87. The van der Waals surface area contributed by atoms with Gasteiger partial charge in [-0.05, 0) is 48.7 Å². The summed E-state index contributed by atoms with van der Waals surface area (Å²) in [7, 11) is 0. The molecule has 5 heteroatoms. The van der Waals surface area contributed by atoms with Gasteiger partial charge in [-0.1, -0.05) is 72.8 Å². The molecule has 3 heterocycles. The normalized spacial score (nSPS) is 19.6. The summed E-state index contributed by atoms with van der Waals surface area (Å²) in [5, 5.41) is 3.43. The third kappa shape index (κ3) is 3.78. The molecule has 1 saturated heterocycles. The summed E-state index contributed by atoms with van der Waals surface area (Å²) < 4.78 is 0. The van der Waals surface area contributed by atoms with E-state index in [-0.39, 0.29) is 5.91 Å². The molecule has 2 aromatic heterocycles. The minimum atomic E-state index is -0.734. The van der Waals surface area contributed by atoms with E-state index in [1.165, 1.54) is 11.1 Å².